The zero-order chi connectivity index (χ0) is 21.1. The van der Waals surface area contributed by atoms with Crippen LogP contribution in [0.1, 0.15) is 17.3 Å². The monoisotopic (exact) mass is 398 g/mol. The van der Waals surface area contributed by atoms with Gasteiger partial charge in [0.05, 0.1) is 0 Å². The standard InChI is InChI=1S/C20H19FN4O4/c1-12-19(28)24(20(29)25(12)16-8-6-14(21)7-9-16)11-17(26)23-15-5-3-4-13(10-15)18(27)22-2/h3-10,12H,11H2,1-2H3,(H,22,27)(H,23,26)/t12-/m1/s1. The lowest BCUT2D eigenvalue weighted by Gasteiger charge is -2.19. The summed E-state index contributed by atoms with van der Waals surface area (Å²) < 4.78 is 13.1. The number of anilines is 2. The highest BCUT2D eigenvalue weighted by molar-refractivity contribution is 6.16. The van der Waals surface area contributed by atoms with E-state index >= 15 is 0 Å². The van der Waals surface area contributed by atoms with Crippen molar-refractivity contribution in [3.05, 3.63) is 59.9 Å². The molecule has 0 bridgehead atoms. The highest BCUT2D eigenvalue weighted by Gasteiger charge is 2.44. The minimum absolute atomic E-state index is 0.310. The van der Waals surface area contributed by atoms with Crippen molar-refractivity contribution in [3.8, 4) is 0 Å². The average Bonchev–Trinajstić information content (AvgIpc) is 2.91. The number of nitrogens with one attached hydrogen (secondary N) is 2. The summed E-state index contributed by atoms with van der Waals surface area (Å²) in [4.78, 5) is 51.3. The Bertz CT molecular complexity index is 977. The molecule has 9 heteroatoms. The first-order chi connectivity index (χ1) is 13.8. The molecule has 2 aromatic rings. The van der Waals surface area contributed by atoms with E-state index in [9.17, 15) is 23.6 Å². The third-order valence-corrected chi connectivity index (χ3v) is 4.49. The number of carbonyl (C=O) groups is 4. The molecule has 1 saturated heterocycles. The predicted molar refractivity (Wildman–Crippen MR) is 104 cm³/mol. The number of rotatable bonds is 5. The van der Waals surface area contributed by atoms with E-state index < -0.39 is 36.2 Å². The smallest absolute Gasteiger partial charge is 0.332 e. The van der Waals surface area contributed by atoms with E-state index in [1.165, 1.54) is 49.2 Å². The van der Waals surface area contributed by atoms with Gasteiger partial charge in [-0.25, -0.2) is 9.18 Å². The van der Waals surface area contributed by atoms with E-state index in [-0.39, 0.29) is 5.91 Å². The number of hydrogen-bond acceptors (Lipinski definition) is 4. The molecule has 1 aliphatic rings. The second-order valence-electron chi connectivity index (χ2n) is 6.44. The molecular weight excluding hydrogens is 379 g/mol. The van der Waals surface area contributed by atoms with Gasteiger partial charge >= 0.3 is 6.03 Å². The molecule has 0 aliphatic carbocycles. The van der Waals surface area contributed by atoms with Gasteiger partial charge in [0.1, 0.15) is 18.4 Å². The number of imide groups is 1. The third-order valence-electron chi connectivity index (χ3n) is 4.49. The van der Waals surface area contributed by atoms with Crippen molar-refractivity contribution in [2.24, 2.45) is 0 Å². The Morgan fingerprint density at radius 3 is 2.45 bits per heavy atom. The summed E-state index contributed by atoms with van der Waals surface area (Å²) in [7, 11) is 1.49. The van der Waals surface area contributed by atoms with Crippen LogP contribution in [0, 0.1) is 5.82 Å². The van der Waals surface area contributed by atoms with Crippen LogP contribution < -0.4 is 15.5 Å². The van der Waals surface area contributed by atoms with E-state index in [2.05, 4.69) is 10.6 Å². The van der Waals surface area contributed by atoms with E-state index in [1.807, 2.05) is 0 Å². The molecule has 3 rings (SSSR count). The molecule has 5 amide bonds. The van der Waals surface area contributed by atoms with Gasteiger partial charge in [0.25, 0.3) is 11.8 Å². The zero-order valence-electron chi connectivity index (χ0n) is 15.8. The Hall–Kier alpha value is -3.75. The normalized spacial score (nSPS) is 16.2. The third kappa shape index (κ3) is 4.08. The molecule has 0 unspecified atom stereocenters. The number of amides is 5. The quantitative estimate of drug-likeness (QED) is 0.753. The molecule has 8 nitrogen and oxygen atoms in total. The molecule has 0 spiro atoms. The molecular formula is C20H19FN4O4. The second kappa shape index (κ2) is 8.09. The number of carbonyl (C=O) groups excluding carboxylic acids is 4. The van der Waals surface area contributed by atoms with Gasteiger partial charge in [-0.1, -0.05) is 6.07 Å². The molecule has 150 valence electrons. The highest BCUT2D eigenvalue weighted by Crippen LogP contribution is 2.26. The van der Waals surface area contributed by atoms with E-state index in [0.29, 0.717) is 16.9 Å². The number of urea groups is 1. The van der Waals surface area contributed by atoms with Crippen molar-refractivity contribution in [1.82, 2.24) is 10.2 Å². The van der Waals surface area contributed by atoms with Gasteiger partial charge in [0, 0.05) is 24.0 Å². The highest BCUT2D eigenvalue weighted by atomic mass is 19.1. The van der Waals surface area contributed by atoms with E-state index in [4.69, 9.17) is 0 Å². The molecule has 1 atom stereocenters. The van der Waals surface area contributed by atoms with Crippen LogP contribution in [0.2, 0.25) is 0 Å². The maximum atomic E-state index is 13.1. The fourth-order valence-electron chi connectivity index (χ4n) is 3.03. The Morgan fingerprint density at radius 1 is 1.10 bits per heavy atom. The predicted octanol–water partition coefficient (Wildman–Crippen LogP) is 1.98. The zero-order valence-corrected chi connectivity index (χ0v) is 15.8. The number of hydrogen-bond donors (Lipinski definition) is 2. The minimum atomic E-state index is -0.822. The summed E-state index contributed by atoms with van der Waals surface area (Å²) >= 11 is 0. The lowest BCUT2D eigenvalue weighted by atomic mass is 10.2. The Morgan fingerprint density at radius 2 is 1.79 bits per heavy atom. The van der Waals surface area contributed by atoms with Crippen molar-refractivity contribution in [1.29, 1.82) is 0 Å². The van der Waals surface area contributed by atoms with E-state index in [0.717, 1.165) is 4.90 Å². The van der Waals surface area contributed by atoms with Crippen LogP contribution in [0.5, 0.6) is 0 Å². The summed E-state index contributed by atoms with van der Waals surface area (Å²) in [5, 5.41) is 5.06. The van der Waals surface area contributed by atoms with Crippen molar-refractivity contribution in [3.63, 3.8) is 0 Å². The molecule has 0 radical (unpaired) electrons. The Balaban J connectivity index is 1.72. The van der Waals surface area contributed by atoms with Crippen molar-refractivity contribution in [2.45, 2.75) is 13.0 Å². The first-order valence-corrected chi connectivity index (χ1v) is 8.84. The summed E-state index contributed by atoms with van der Waals surface area (Å²) in [5.74, 6) is -1.90. The summed E-state index contributed by atoms with van der Waals surface area (Å²) in [6, 6.07) is 9.94. The average molecular weight is 398 g/mol. The topological polar surface area (TPSA) is 98.8 Å². The second-order valence-corrected chi connectivity index (χ2v) is 6.44. The molecule has 29 heavy (non-hydrogen) atoms. The molecule has 2 N–H and O–H groups in total. The van der Waals surface area contributed by atoms with Gasteiger partial charge in [0.15, 0.2) is 0 Å². The van der Waals surface area contributed by atoms with Gasteiger partial charge in [0.2, 0.25) is 5.91 Å². The van der Waals surface area contributed by atoms with E-state index in [1.54, 1.807) is 18.2 Å². The summed E-state index contributed by atoms with van der Waals surface area (Å²) in [6.07, 6.45) is 0. The first-order valence-electron chi connectivity index (χ1n) is 8.84. The largest absolute Gasteiger partial charge is 0.355 e. The lowest BCUT2D eigenvalue weighted by molar-refractivity contribution is -0.130. The van der Waals surface area contributed by atoms with Crippen LogP contribution in [-0.2, 0) is 9.59 Å². The van der Waals surface area contributed by atoms with Gasteiger partial charge in [-0.15, -0.1) is 0 Å². The summed E-state index contributed by atoms with van der Waals surface area (Å²) in [5.41, 5.74) is 1.08. The molecule has 1 fully saturated rings. The van der Waals surface area contributed by atoms with Gasteiger partial charge < -0.3 is 10.6 Å². The number of nitrogens with zero attached hydrogens (tertiary/aromatic N) is 2. The van der Waals surface area contributed by atoms with Crippen LogP contribution in [0.3, 0.4) is 0 Å². The first kappa shape index (κ1) is 20.0. The SMILES string of the molecule is CNC(=O)c1cccc(NC(=O)CN2C(=O)[C@@H](C)N(c3ccc(F)cc3)C2=O)c1. The van der Waals surface area contributed by atoms with Crippen LogP contribution in [0.25, 0.3) is 0 Å². The fourth-order valence-corrected chi connectivity index (χ4v) is 3.03. The van der Waals surface area contributed by atoms with Crippen molar-refractivity contribution >= 4 is 35.1 Å². The maximum Gasteiger partial charge on any atom is 0.332 e. The number of halogens is 1. The molecule has 1 aliphatic heterocycles. The van der Waals surface area contributed by atoms with Gasteiger partial charge in [-0.05, 0) is 49.4 Å². The van der Waals surface area contributed by atoms with Gasteiger partial charge in [-0.3, -0.25) is 24.2 Å². The molecule has 0 aromatic heterocycles. The molecule has 1 heterocycles. The maximum absolute atomic E-state index is 13.1. The Labute approximate surface area is 166 Å². The van der Waals surface area contributed by atoms with Gasteiger partial charge in [-0.2, -0.15) is 0 Å². The lowest BCUT2D eigenvalue weighted by Crippen LogP contribution is -2.39. The molecule has 2 aromatic carbocycles. The molecule has 0 saturated carbocycles. The van der Waals surface area contributed by atoms with Crippen LogP contribution in [0.15, 0.2) is 48.5 Å². The van der Waals surface area contributed by atoms with Crippen LogP contribution in [0.4, 0.5) is 20.6 Å². The minimum Gasteiger partial charge on any atom is -0.355 e. The van der Waals surface area contributed by atoms with Crippen molar-refractivity contribution < 1.29 is 23.6 Å². The van der Waals surface area contributed by atoms with Crippen molar-refractivity contribution in [2.75, 3.05) is 23.8 Å². The fraction of sp³-hybridized carbons (Fsp3) is 0.200. The van der Waals surface area contributed by atoms with Crippen LogP contribution in [-0.4, -0.2) is 48.3 Å². The summed E-state index contributed by atoms with van der Waals surface area (Å²) in [6.45, 7) is 1.05. The van der Waals surface area contributed by atoms with Crippen LogP contribution >= 0.6 is 0 Å². The Kier molecular flexibility index (Phi) is 5.58. The number of benzene rings is 2.